The van der Waals surface area contributed by atoms with Gasteiger partial charge in [0.15, 0.2) is 6.04 Å². The lowest BCUT2D eigenvalue weighted by Gasteiger charge is -2.25. The van der Waals surface area contributed by atoms with E-state index in [1.165, 1.54) is 0 Å². The number of rotatable bonds is 10. The molecular weight excluding hydrogens is 270 g/mol. The highest BCUT2D eigenvalue weighted by Crippen LogP contribution is 2.11. The average Bonchev–Trinajstić information content (AvgIpc) is 2.97. The molecule has 0 aliphatic carbocycles. The molecule has 5 heteroatoms. The molecule has 1 aliphatic rings. The van der Waals surface area contributed by atoms with Gasteiger partial charge in [0, 0.05) is 18.8 Å². The van der Waals surface area contributed by atoms with E-state index in [1.54, 1.807) is 0 Å². The standard InChI is InChI=1S/C16H29NO4/c1-3-5-6-9-13(4-2)21-16(20)14(12-15(18)19)17-10-7-8-11-17/h13-14H,3-12H2,1-2H3,(H,18,19). The van der Waals surface area contributed by atoms with Crippen LogP contribution in [0.4, 0.5) is 0 Å². The first-order valence-corrected chi connectivity index (χ1v) is 8.33. The molecule has 0 amide bonds. The third-order valence-electron chi connectivity index (χ3n) is 4.26. The zero-order valence-electron chi connectivity index (χ0n) is 13.4. The summed E-state index contributed by atoms with van der Waals surface area (Å²) in [6.45, 7) is 5.83. The first-order chi connectivity index (χ1) is 10.1. The van der Waals surface area contributed by atoms with E-state index in [9.17, 15) is 14.7 Å². The van der Waals surface area contributed by atoms with Crippen LogP contribution in [-0.2, 0) is 14.3 Å². The second kappa shape index (κ2) is 9.77. The Balaban J connectivity index is 2.54. The molecule has 0 aromatic carbocycles. The number of unbranched alkanes of at least 4 members (excludes halogenated alkanes) is 2. The van der Waals surface area contributed by atoms with Crippen LogP contribution >= 0.6 is 0 Å². The van der Waals surface area contributed by atoms with Crippen molar-refractivity contribution in [3.63, 3.8) is 0 Å². The summed E-state index contributed by atoms with van der Waals surface area (Å²) in [5, 5.41) is 10.9. The van der Waals surface area contributed by atoms with Crippen LogP contribution in [0.15, 0.2) is 0 Å². The van der Waals surface area contributed by atoms with Crippen molar-refractivity contribution in [2.75, 3.05) is 13.1 Å². The second-order valence-corrected chi connectivity index (χ2v) is 5.96. The number of quaternary nitrogens is 1. The van der Waals surface area contributed by atoms with Gasteiger partial charge in [0.05, 0.1) is 19.5 Å². The van der Waals surface area contributed by atoms with Gasteiger partial charge in [-0.2, -0.15) is 0 Å². The quantitative estimate of drug-likeness (QED) is 0.458. The topological polar surface area (TPSA) is 70.9 Å². The van der Waals surface area contributed by atoms with E-state index in [2.05, 4.69) is 6.92 Å². The SMILES string of the molecule is CCCCCC(CC)OC(=O)C(CC(=O)[O-])[NH+]1CCCC1. The fraction of sp³-hybridized carbons (Fsp3) is 0.875. The summed E-state index contributed by atoms with van der Waals surface area (Å²) in [7, 11) is 0. The Kier molecular flexibility index (Phi) is 8.35. The van der Waals surface area contributed by atoms with Crippen molar-refractivity contribution in [1.29, 1.82) is 0 Å². The molecule has 1 fully saturated rings. The fourth-order valence-electron chi connectivity index (χ4n) is 2.95. The van der Waals surface area contributed by atoms with Gasteiger partial charge in [-0.25, -0.2) is 4.79 Å². The zero-order chi connectivity index (χ0) is 15.7. The molecule has 1 rings (SSSR count). The van der Waals surface area contributed by atoms with Crippen molar-refractivity contribution in [3.8, 4) is 0 Å². The number of carbonyl (C=O) groups excluding carboxylic acids is 2. The van der Waals surface area contributed by atoms with Gasteiger partial charge >= 0.3 is 5.97 Å². The van der Waals surface area contributed by atoms with Crippen molar-refractivity contribution in [2.45, 2.75) is 77.4 Å². The highest BCUT2D eigenvalue weighted by atomic mass is 16.5. The van der Waals surface area contributed by atoms with Crippen LogP contribution in [-0.4, -0.2) is 37.2 Å². The average molecular weight is 299 g/mol. The summed E-state index contributed by atoms with van der Waals surface area (Å²) in [5.74, 6) is -1.53. The molecule has 1 saturated heterocycles. The van der Waals surface area contributed by atoms with Crippen LogP contribution < -0.4 is 10.0 Å². The van der Waals surface area contributed by atoms with E-state index in [1.807, 2.05) is 6.92 Å². The molecule has 1 heterocycles. The number of likely N-dealkylation sites (tertiary alicyclic amines) is 1. The van der Waals surface area contributed by atoms with E-state index >= 15 is 0 Å². The van der Waals surface area contributed by atoms with Crippen molar-refractivity contribution in [2.24, 2.45) is 0 Å². The van der Waals surface area contributed by atoms with Gasteiger partial charge in [-0.1, -0.05) is 26.7 Å². The summed E-state index contributed by atoms with van der Waals surface area (Å²) in [6, 6.07) is -0.599. The molecule has 1 N–H and O–H groups in total. The fourth-order valence-corrected chi connectivity index (χ4v) is 2.95. The van der Waals surface area contributed by atoms with Crippen LogP contribution in [0.3, 0.4) is 0 Å². The van der Waals surface area contributed by atoms with Crippen molar-refractivity contribution >= 4 is 11.9 Å². The highest BCUT2D eigenvalue weighted by Gasteiger charge is 2.34. The molecule has 122 valence electrons. The minimum Gasteiger partial charge on any atom is -0.550 e. The molecule has 0 aromatic heterocycles. The predicted octanol–water partition coefficient (Wildman–Crippen LogP) is 0.0758. The molecule has 0 bridgehead atoms. The van der Waals surface area contributed by atoms with Crippen molar-refractivity contribution in [1.82, 2.24) is 0 Å². The molecule has 0 spiro atoms. The van der Waals surface area contributed by atoms with Gasteiger partial charge in [-0.15, -0.1) is 0 Å². The van der Waals surface area contributed by atoms with Crippen LogP contribution in [0.5, 0.6) is 0 Å². The number of nitrogens with one attached hydrogen (secondary N) is 1. The molecule has 0 saturated carbocycles. The Morgan fingerprint density at radius 3 is 2.38 bits per heavy atom. The number of hydrogen-bond acceptors (Lipinski definition) is 4. The first kappa shape index (κ1) is 18.0. The lowest BCUT2D eigenvalue weighted by atomic mass is 10.1. The monoisotopic (exact) mass is 299 g/mol. The van der Waals surface area contributed by atoms with E-state index in [0.717, 1.165) is 62.9 Å². The summed E-state index contributed by atoms with van der Waals surface area (Å²) >= 11 is 0. The normalized spacial score (nSPS) is 18.4. The maximum absolute atomic E-state index is 12.3. The summed E-state index contributed by atoms with van der Waals surface area (Å²) in [5.41, 5.74) is 0. The Morgan fingerprint density at radius 2 is 1.86 bits per heavy atom. The lowest BCUT2D eigenvalue weighted by Crippen LogP contribution is -3.15. The molecule has 0 aromatic rings. The second-order valence-electron chi connectivity index (χ2n) is 5.96. The van der Waals surface area contributed by atoms with Gasteiger partial charge in [-0.3, -0.25) is 0 Å². The van der Waals surface area contributed by atoms with Gasteiger partial charge in [-0.05, 0) is 19.3 Å². The molecule has 5 nitrogen and oxygen atoms in total. The van der Waals surface area contributed by atoms with Gasteiger partial charge in [0.25, 0.3) is 0 Å². The molecule has 0 radical (unpaired) electrons. The van der Waals surface area contributed by atoms with Gasteiger partial charge < -0.3 is 19.5 Å². The Bertz CT molecular complexity index is 326. The number of aliphatic carboxylic acids is 1. The number of hydrogen-bond donors (Lipinski definition) is 1. The first-order valence-electron chi connectivity index (χ1n) is 8.33. The third-order valence-corrected chi connectivity index (χ3v) is 4.26. The highest BCUT2D eigenvalue weighted by molar-refractivity contribution is 5.80. The van der Waals surface area contributed by atoms with Gasteiger partial charge in [0.1, 0.15) is 6.10 Å². The molecular formula is C16H29NO4. The van der Waals surface area contributed by atoms with E-state index in [4.69, 9.17) is 4.74 Å². The molecule has 2 atom stereocenters. The number of ether oxygens (including phenoxy) is 1. The lowest BCUT2D eigenvalue weighted by molar-refractivity contribution is -0.904. The van der Waals surface area contributed by atoms with Crippen LogP contribution in [0.1, 0.15) is 65.2 Å². The number of carboxylic acids is 1. The third kappa shape index (κ3) is 6.46. The Morgan fingerprint density at radius 1 is 1.19 bits per heavy atom. The minimum absolute atomic E-state index is 0.0877. The van der Waals surface area contributed by atoms with E-state index in [0.29, 0.717) is 0 Å². The summed E-state index contributed by atoms with van der Waals surface area (Å²) in [4.78, 5) is 24.3. The van der Waals surface area contributed by atoms with Crippen molar-refractivity contribution < 1.29 is 24.3 Å². The molecule has 21 heavy (non-hydrogen) atoms. The maximum atomic E-state index is 12.3. The van der Waals surface area contributed by atoms with Crippen LogP contribution in [0, 0.1) is 0 Å². The van der Waals surface area contributed by atoms with Crippen molar-refractivity contribution in [3.05, 3.63) is 0 Å². The van der Waals surface area contributed by atoms with E-state index in [-0.39, 0.29) is 18.5 Å². The maximum Gasteiger partial charge on any atom is 0.365 e. The van der Waals surface area contributed by atoms with Crippen LogP contribution in [0.2, 0.25) is 0 Å². The molecule has 1 aliphatic heterocycles. The Hall–Kier alpha value is -1.10. The number of carboxylic acid groups (broad SMARTS) is 1. The largest absolute Gasteiger partial charge is 0.550 e. The molecule has 2 unspecified atom stereocenters. The van der Waals surface area contributed by atoms with Gasteiger partial charge in [0.2, 0.25) is 0 Å². The predicted molar refractivity (Wildman–Crippen MR) is 77.7 cm³/mol. The summed E-state index contributed by atoms with van der Waals surface area (Å²) in [6.07, 6.45) is 6.72. The minimum atomic E-state index is -1.17. The smallest absolute Gasteiger partial charge is 0.365 e. The zero-order valence-corrected chi connectivity index (χ0v) is 13.4. The summed E-state index contributed by atoms with van der Waals surface area (Å²) < 4.78 is 5.57. The van der Waals surface area contributed by atoms with Crippen LogP contribution in [0.25, 0.3) is 0 Å². The Labute approximate surface area is 127 Å². The number of esters is 1. The van der Waals surface area contributed by atoms with E-state index < -0.39 is 12.0 Å². The number of carbonyl (C=O) groups is 2.